The lowest BCUT2D eigenvalue weighted by Crippen LogP contribution is -2.42. The summed E-state index contributed by atoms with van der Waals surface area (Å²) in [5.41, 5.74) is 1.45. The molecule has 4 rings (SSSR count). The second kappa shape index (κ2) is 7.62. The fourth-order valence-corrected chi connectivity index (χ4v) is 4.49. The number of likely N-dealkylation sites (tertiary alicyclic amines) is 2. The first-order valence-corrected chi connectivity index (χ1v) is 9.85. The molecule has 2 saturated heterocycles. The highest BCUT2D eigenvalue weighted by Gasteiger charge is 2.34. The molecule has 2 aliphatic rings. The normalized spacial score (nSPS) is 25.6. The van der Waals surface area contributed by atoms with Crippen LogP contribution in [0.4, 0.5) is 14.5 Å². The van der Waals surface area contributed by atoms with Gasteiger partial charge in [-0.05, 0) is 31.5 Å². The standard InChI is InChI=1S/C21H26F2N4O/c1-14-8-16(23)11-27(14)21(28)13-26-7-5-17(12-26)25(2)20-10-15(22)9-19-18(20)4-3-6-24-19/h3-4,6,9-10,14,16-17H,5,7-8,11-13H2,1-2H3/t14-,16+,17+/m1/s1. The molecule has 0 aliphatic carbocycles. The van der Waals surface area contributed by atoms with Gasteiger partial charge in [-0.3, -0.25) is 14.7 Å². The average molecular weight is 388 g/mol. The SMILES string of the molecule is C[C@@H]1C[C@H](F)CN1C(=O)CN1CC[C@H](N(C)c2cc(F)cc3ncccc23)C1. The number of alkyl halides is 1. The third-order valence-corrected chi connectivity index (χ3v) is 6.04. The van der Waals surface area contributed by atoms with Crippen molar-refractivity contribution in [2.75, 3.05) is 38.1 Å². The molecule has 3 atom stereocenters. The maximum absolute atomic E-state index is 14.1. The van der Waals surface area contributed by atoms with E-state index >= 15 is 0 Å². The fraction of sp³-hybridized carbons (Fsp3) is 0.524. The number of likely N-dealkylation sites (N-methyl/N-ethyl adjacent to an activating group) is 1. The summed E-state index contributed by atoms with van der Waals surface area (Å²) in [6.07, 6.45) is 2.07. The summed E-state index contributed by atoms with van der Waals surface area (Å²) < 4.78 is 27.6. The van der Waals surface area contributed by atoms with E-state index in [-0.39, 0.29) is 30.4 Å². The summed E-state index contributed by atoms with van der Waals surface area (Å²) in [5, 5.41) is 0.917. The lowest BCUT2D eigenvalue weighted by Gasteiger charge is -2.29. The summed E-state index contributed by atoms with van der Waals surface area (Å²) >= 11 is 0. The van der Waals surface area contributed by atoms with Crippen molar-refractivity contribution in [3.8, 4) is 0 Å². The number of pyridine rings is 1. The van der Waals surface area contributed by atoms with Gasteiger partial charge in [0.2, 0.25) is 5.91 Å². The smallest absolute Gasteiger partial charge is 0.237 e. The van der Waals surface area contributed by atoms with Crippen molar-refractivity contribution in [3.05, 3.63) is 36.3 Å². The molecular weight excluding hydrogens is 362 g/mol. The van der Waals surface area contributed by atoms with Crippen molar-refractivity contribution in [1.82, 2.24) is 14.8 Å². The number of hydrogen-bond acceptors (Lipinski definition) is 4. The zero-order valence-electron chi connectivity index (χ0n) is 16.3. The number of fused-ring (bicyclic) bond motifs is 1. The van der Waals surface area contributed by atoms with Crippen LogP contribution in [0.3, 0.4) is 0 Å². The third kappa shape index (κ3) is 3.68. The molecule has 3 heterocycles. The van der Waals surface area contributed by atoms with Crippen molar-refractivity contribution >= 4 is 22.5 Å². The van der Waals surface area contributed by atoms with E-state index in [0.717, 1.165) is 30.6 Å². The first kappa shape index (κ1) is 19.1. The first-order chi connectivity index (χ1) is 13.4. The van der Waals surface area contributed by atoms with E-state index in [4.69, 9.17) is 0 Å². The number of halogens is 2. The van der Waals surface area contributed by atoms with Gasteiger partial charge in [-0.15, -0.1) is 0 Å². The number of benzene rings is 1. The van der Waals surface area contributed by atoms with E-state index in [1.54, 1.807) is 17.2 Å². The Hall–Kier alpha value is -2.28. The Balaban J connectivity index is 1.44. The van der Waals surface area contributed by atoms with Gasteiger partial charge >= 0.3 is 0 Å². The average Bonchev–Trinajstić information content (AvgIpc) is 3.26. The largest absolute Gasteiger partial charge is 0.370 e. The summed E-state index contributed by atoms with van der Waals surface area (Å²) in [6, 6.07) is 6.95. The number of carbonyl (C=O) groups is 1. The Morgan fingerprint density at radius 1 is 1.36 bits per heavy atom. The third-order valence-electron chi connectivity index (χ3n) is 6.04. The van der Waals surface area contributed by atoms with E-state index in [9.17, 15) is 13.6 Å². The van der Waals surface area contributed by atoms with Crippen LogP contribution in [0.1, 0.15) is 19.8 Å². The van der Waals surface area contributed by atoms with Gasteiger partial charge in [-0.2, -0.15) is 0 Å². The Kier molecular flexibility index (Phi) is 5.19. The number of rotatable bonds is 4. The number of nitrogens with zero attached hydrogens (tertiary/aromatic N) is 4. The van der Waals surface area contributed by atoms with Crippen LogP contribution >= 0.6 is 0 Å². The van der Waals surface area contributed by atoms with Crippen molar-refractivity contribution < 1.29 is 13.6 Å². The number of anilines is 1. The van der Waals surface area contributed by atoms with Crippen LogP contribution in [0.25, 0.3) is 10.9 Å². The molecule has 0 unspecified atom stereocenters. The maximum atomic E-state index is 14.1. The molecule has 0 radical (unpaired) electrons. The molecule has 7 heteroatoms. The molecule has 1 amide bonds. The van der Waals surface area contributed by atoms with Gasteiger partial charge in [-0.1, -0.05) is 0 Å². The summed E-state index contributed by atoms with van der Waals surface area (Å²) in [5.74, 6) is -0.307. The molecule has 0 saturated carbocycles. The zero-order valence-corrected chi connectivity index (χ0v) is 16.3. The second-order valence-electron chi connectivity index (χ2n) is 8.01. The molecule has 28 heavy (non-hydrogen) atoms. The summed E-state index contributed by atoms with van der Waals surface area (Å²) in [4.78, 5) is 22.7. The highest BCUT2D eigenvalue weighted by molar-refractivity contribution is 5.91. The summed E-state index contributed by atoms with van der Waals surface area (Å²) in [6.45, 7) is 3.95. The van der Waals surface area contributed by atoms with Gasteiger partial charge in [0.25, 0.3) is 0 Å². The highest BCUT2D eigenvalue weighted by Crippen LogP contribution is 2.30. The van der Waals surface area contributed by atoms with E-state index in [0.29, 0.717) is 18.5 Å². The Morgan fingerprint density at radius 2 is 2.18 bits per heavy atom. The number of amides is 1. The minimum absolute atomic E-state index is 0.00337. The molecule has 2 aromatic rings. The van der Waals surface area contributed by atoms with Crippen LogP contribution in [0.2, 0.25) is 0 Å². The van der Waals surface area contributed by atoms with Crippen LogP contribution in [0.15, 0.2) is 30.5 Å². The van der Waals surface area contributed by atoms with Crippen LogP contribution in [-0.4, -0.2) is 72.2 Å². The lowest BCUT2D eigenvalue weighted by molar-refractivity contribution is -0.132. The van der Waals surface area contributed by atoms with E-state index in [1.165, 1.54) is 6.07 Å². The van der Waals surface area contributed by atoms with E-state index in [2.05, 4.69) is 14.8 Å². The highest BCUT2D eigenvalue weighted by atomic mass is 19.1. The minimum Gasteiger partial charge on any atom is -0.370 e. The molecule has 1 aromatic carbocycles. The molecule has 0 N–H and O–H groups in total. The molecule has 2 aliphatic heterocycles. The second-order valence-corrected chi connectivity index (χ2v) is 8.01. The Bertz CT molecular complexity index is 877. The lowest BCUT2D eigenvalue weighted by atomic mass is 10.1. The van der Waals surface area contributed by atoms with Gasteiger partial charge in [0, 0.05) is 62.0 Å². The first-order valence-electron chi connectivity index (χ1n) is 9.85. The van der Waals surface area contributed by atoms with Crippen LogP contribution in [0.5, 0.6) is 0 Å². The number of hydrogen-bond donors (Lipinski definition) is 0. The summed E-state index contributed by atoms with van der Waals surface area (Å²) in [7, 11) is 1.97. The van der Waals surface area contributed by atoms with E-state index < -0.39 is 6.17 Å². The molecule has 1 aromatic heterocycles. The van der Waals surface area contributed by atoms with Gasteiger partial charge in [0.1, 0.15) is 12.0 Å². The topological polar surface area (TPSA) is 39.7 Å². The van der Waals surface area contributed by atoms with Crippen LogP contribution < -0.4 is 4.90 Å². The molecule has 0 spiro atoms. The quantitative estimate of drug-likeness (QED) is 0.808. The zero-order chi connectivity index (χ0) is 19.8. The minimum atomic E-state index is -0.911. The van der Waals surface area contributed by atoms with E-state index in [1.807, 2.05) is 26.1 Å². The Labute approximate surface area is 163 Å². The predicted octanol–water partition coefficient (Wildman–Crippen LogP) is 2.84. The van der Waals surface area contributed by atoms with Crippen molar-refractivity contribution in [1.29, 1.82) is 0 Å². The number of aromatic nitrogens is 1. The monoisotopic (exact) mass is 388 g/mol. The fourth-order valence-electron chi connectivity index (χ4n) is 4.49. The van der Waals surface area contributed by atoms with Gasteiger partial charge in [0.05, 0.1) is 18.6 Å². The van der Waals surface area contributed by atoms with Crippen LogP contribution in [-0.2, 0) is 4.79 Å². The predicted molar refractivity (Wildman–Crippen MR) is 106 cm³/mol. The van der Waals surface area contributed by atoms with Gasteiger partial charge in [0.15, 0.2) is 0 Å². The molecular formula is C21H26F2N4O. The van der Waals surface area contributed by atoms with Crippen molar-refractivity contribution in [3.63, 3.8) is 0 Å². The Morgan fingerprint density at radius 3 is 2.93 bits per heavy atom. The molecule has 5 nitrogen and oxygen atoms in total. The molecule has 0 bridgehead atoms. The van der Waals surface area contributed by atoms with Gasteiger partial charge in [-0.25, -0.2) is 8.78 Å². The van der Waals surface area contributed by atoms with Crippen molar-refractivity contribution in [2.24, 2.45) is 0 Å². The molecule has 2 fully saturated rings. The van der Waals surface area contributed by atoms with Crippen molar-refractivity contribution in [2.45, 2.75) is 38.0 Å². The van der Waals surface area contributed by atoms with Crippen LogP contribution in [0, 0.1) is 5.82 Å². The molecule has 150 valence electrons. The van der Waals surface area contributed by atoms with Gasteiger partial charge < -0.3 is 9.80 Å². The maximum Gasteiger partial charge on any atom is 0.237 e. The number of carbonyl (C=O) groups excluding carboxylic acids is 1.